The van der Waals surface area contributed by atoms with Crippen LogP contribution in [-0.2, 0) is 4.79 Å². The van der Waals surface area contributed by atoms with Gasteiger partial charge in [-0.3, -0.25) is 4.79 Å². The lowest BCUT2D eigenvalue weighted by Crippen LogP contribution is -2.28. The van der Waals surface area contributed by atoms with Gasteiger partial charge < -0.3 is 14.4 Å². The zero-order valence-electron chi connectivity index (χ0n) is 14.6. The van der Waals surface area contributed by atoms with Gasteiger partial charge in [0.25, 0.3) is 0 Å². The highest BCUT2D eigenvalue weighted by molar-refractivity contribution is 7.18. The lowest BCUT2D eigenvalue weighted by molar-refractivity contribution is -0.126. The van der Waals surface area contributed by atoms with Crippen LogP contribution >= 0.6 is 11.3 Å². The lowest BCUT2D eigenvalue weighted by Gasteiger charge is -2.21. The number of thiazole rings is 1. The summed E-state index contributed by atoms with van der Waals surface area (Å²) in [4.78, 5) is 19.5. The molecule has 0 bridgehead atoms. The maximum Gasteiger partial charge on any atom is 0.247 e. The summed E-state index contributed by atoms with van der Waals surface area (Å²) in [5.74, 6) is 1.49. The molecule has 2 aromatic carbocycles. The van der Waals surface area contributed by atoms with Gasteiger partial charge >= 0.3 is 0 Å². The second-order valence-electron chi connectivity index (χ2n) is 6.66. The van der Waals surface area contributed by atoms with Gasteiger partial charge in [-0.05, 0) is 48.7 Å². The molecule has 1 saturated heterocycles. The van der Waals surface area contributed by atoms with Gasteiger partial charge in [0, 0.05) is 12.6 Å². The maximum absolute atomic E-state index is 12.8. The first-order valence-electron chi connectivity index (χ1n) is 9.02. The van der Waals surface area contributed by atoms with Crippen LogP contribution in [0.5, 0.6) is 11.5 Å². The molecule has 0 radical (unpaired) electrons. The van der Waals surface area contributed by atoms with Crippen LogP contribution in [0.4, 0.5) is 0 Å². The Labute approximate surface area is 160 Å². The molecule has 3 aromatic rings. The molecule has 3 heterocycles. The average molecular weight is 378 g/mol. The minimum Gasteiger partial charge on any atom is -0.454 e. The minimum atomic E-state index is 0.0226. The van der Waals surface area contributed by atoms with Gasteiger partial charge in [-0.2, -0.15) is 0 Å². The van der Waals surface area contributed by atoms with E-state index in [-0.39, 0.29) is 18.7 Å². The van der Waals surface area contributed by atoms with Gasteiger partial charge in [0.1, 0.15) is 5.01 Å². The number of nitrogens with zero attached hydrogens (tertiary/aromatic N) is 2. The number of likely N-dealkylation sites (tertiary alicyclic amines) is 1. The third kappa shape index (κ3) is 3.06. The second-order valence-corrected chi connectivity index (χ2v) is 7.72. The molecular weight excluding hydrogens is 360 g/mol. The van der Waals surface area contributed by atoms with E-state index in [4.69, 9.17) is 14.5 Å². The van der Waals surface area contributed by atoms with Crippen LogP contribution in [0.15, 0.2) is 48.5 Å². The molecule has 1 aromatic heterocycles. The fraction of sp³-hybridized carbons (Fsp3) is 0.238. The molecule has 5 nitrogen and oxygen atoms in total. The van der Waals surface area contributed by atoms with Crippen molar-refractivity contribution < 1.29 is 14.3 Å². The third-order valence-electron chi connectivity index (χ3n) is 4.95. The van der Waals surface area contributed by atoms with E-state index in [1.54, 1.807) is 17.4 Å². The lowest BCUT2D eigenvalue weighted by atomic mass is 10.2. The predicted octanol–water partition coefficient (Wildman–Crippen LogP) is 4.40. The number of benzene rings is 2. The number of rotatable bonds is 3. The van der Waals surface area contributed by atoms with Crippen molar-refractivity contribution in [2.75, 3.05) is 13.3 Å². The van der Waals surface area contributed by atoms with E-state index in [9.17, 15) is 4.79 Å². The Bertz CT molecular complexity index is 1010. The van der Waals surface area contributed by atoms with E-state index in [2.05, 4.69) is 6.07 Å². The summed E-state index contributed by atoms with van der Waals surface area (Å²) in [5, 5.41) is 1.03. The molecule has 0 saturated carbocycles. The Morgan fingerprint density at radius 3 is 3.00 bits per heavy atom. The molecule has 1 unspecified atom stereocenters. The topological polar surface area (TPSA) is 51.7 Å². The number of hydrogen-bond donors (Lipinski definition) is 0. The van der Waals surface area contributed by atoms with Crippen LogP contribution in [0.1, 0.15) is 29.5 Å². The van der Waals surface area contributed by atoms with Gasteiger partial charge in [-0.1, -0.05) is 18.2 Å². The van der Waals surface area contributed by atoms with Crippen molar-refractivity contribution in [3.63, 3.8) is 0 Å². The Kier molecular flexibility index (Phi) is 4.05. The Morgan fingerprint density at radius 1 is 1.19 bits per heavy atom. The molecule has 1 fully saturated rings. The molecule has 27 heavy (non-hydrogen) atoms. The fourth-order valence-corrected chi connectivity index (χ4v) is 4.72. The van der Waals surface area contributed by atoms with E-state index in [0.29, 0.717) is 0 Å². The Hall–Kier alpha value is -2.86. The van der Waals surface area contributed by atoms with Crippen LogP contribution in [0.25, 0.3) is 16.3 Å². The summed E-state index contributed by atoms with van der Waals surface area (Å²) in [7, 11) is 0. The van der Waals surface area contributed by atoms with Gasteiger partial charge in [-0.25, -0.2) is 4.98 Å². The van der Waals surface area contributed by atoms with E-state index in [1.165, 1.54) is 4.70 Å². The number of carbonyl (C=O) groups excluding carboxylic acids is 1. The van der Waals surface area contributed by atoms with Crippen molar-refractivity contribution in [2.45, 2.75) is 18.9 Å². The van der Waals surface area contributed by atoms with E-state index >= 15 is 0 Å². The summed E-state index contributed by atoms with van der Waals surface area (Å²) in [5.41, 5.74) is 1.93. The SMILES string of the molecule is O=C(C=Cc1ccc2c(c1)OCO2)N1CCCC1c1nc2ccccc2s1. The zero-order valence-corrected chi connectivity index (χ0v) is 15.4. The highest BCUT2D eigenvalue weighted by Crippen LogP contribution is 2.37. The van der Waals surface area contributed by atoms with Gasteiger partial charge in [-0.15, -0.1) is 11.3 Å². The van der Waals surface area contributed by atoms with Gasteiger partial charge in [0.05, 0.1) is 16.3 Å². The van der Waals surface area contributed by atoms with Crippen LogP contribution < -0.4 is 9.47 Å². The van der Waals surface area contributed by atoms with E-state index in [0.717, 1.165) is 47.0 Å². The molecule has 1 atom stereocenters. The van der Waals surface area contributed by atoms with Crippen molar-refractivity contribution in [1.29, 1.82) is 0 Å². The van der Waals surface area contributed by atoms with Gasteiger partial charge in [0.2, 0.25) is 12.7 Å². The zero-order chi connectivity index (χ0) is 18.2. The molecule has 5 rings (SSSR count). The highest BCUT2D eigenvalue weighted by atomic mass is 32.1. The third-order valence-corrected chi connectivity index (χ3v) is 6.08. The predicted molar refractivity (Wildman–Crippen MR) is 105 cm³/mol. The Morgan fingerprint density at radius 2 is 2.07 bits per heavy atom. The Balaban J connectivity index is 1.35. The van der Waals surface area contributed by atoms with E-state index in [1.807, 2.05) is 47.4 Å². The number of para-hydroxylation sites is 1. The first kappa shape index (κ1) is 16.3. The second kappa shape index (κ2) is 6.70. The summed E-state index contributed by atoms with van der Waals surface area (Å²) in [6, 6.07) is 13.9. The molecule has 136 valence electrons. The molecule has 0 spiro atoms. The number of fused-ring (bicyclic) bond motifs is 2. The molecule has 6 heteroatoms. The largest absolute Gasteiger partial charge is 0.454 e. The fourth-order valence-electron chi connectivity index (χ4n) is 3.60. The molecule has 2 aliphatic heterocycles. The minimum absolute atomic E-state index is 0.0226. The van der Waals surface area contributed by atoms with Crippen molar-refractivity contribution in [1.82, 2.24) is 9.88 Å². The van der Waals surface area contributed by atoms with Gasteiger partial charge in [0.15, 0.2) is 11.5 Å². The van der Waals surface area contributed by atoms with Crippen molar-refractivity contribution in [3.8, 4) is 11.5 Å². The normalized spacial score (nSPS) is 18.7. The highest BCUT2D eigenvalue weighted by Gasteiger charge is 2.31. The summed E-state index contributed by atoms with van der Waals surface area (Å²) in [6.07, 6.45) is 5.44. The summed E-state index contributed by atoms with van der Waals surface area (Å²) in [6.45, 7) is 1.02. The quantitative estimate of drug-likeness (QED) is 0.634. The number of amides is 1. The summed E-state index contributed by atoms with van der Waals surface area (Å²) >= 11 is 1.68. The molecule has 0 aliphatic carbocycles. The van der Waals surface area contributed by atoms with Crippen LogP contribution in [-0.4, -0.2) is 29.1 Å². The smallest absolute Gasteiger partial charge is 0.247 e. The molecule has 2 aliphatic rings. The number of aromatic nitrogens is 1. The standard InChI is InChI=1S/C21H18N2O3S/c24-20(10-8-14-7-9-17-18(12-14)26-13-25-17)23-11-3-5-16(23)21-22-15-4-1-2-6-19(15)27-21/h1-2,4,6-10,12,16H,3,5,11,13H2. The monoisotopic (exact) mass is 378 g/mol. The van der Waals surface area contributed by atoms with Crippen molar-refractivity contribution in [3.05, 3.63) is 59.1 Å². The van der Waals surface area contributed by atoms with Crippen LogP contribution in [0, 0.1) is 0 Å². The first-order valence-corrected chi connectivity index (χ1v) is 9.83. The summed E-state index contributed by atoms with van der Waals surface area (Å²) < 4.78 is 11.9. The van der Waals surface area contributed by atoms with Crippen LogP contribution in [0.3, 0.4) is 0 Å². The van der Waals surface area contributed by atoms with Crippen molar-refractivity contribution in [2.24, 2.45) is 0 Å². The molecule has 1 amide bonds. The molecular formula is C21H18N2O3S. The first-order chi connectivity index (χ1) is 13.3. The van der Waals surface area contributed by atoms with E-state index < -0.39 is 0 Å². The number of hydrogen-bond acceptors (Lipinski definition) is 5. The maximum atomic E-state index is 12.8. The molecule has 0 N–H and O–H groups in total. The number of carbonyl (C=O) groups is 1. The number of ether oxygens (including phenoxy) is 2. The van der Waals surface area contributed by atoms with Crippen LogP contribution in [0.2, 0.25) is 0 Å². The van der Waals surface area contributed by atoms with Crippen molar-refractivity contribution >= 4 is 33.5 Å². The average Bonchev–Trinajstić information content (AvgIpc) is 3.43.